The molecule has 1 atom stereocenters. The fourth-order valence-corrected chi connectivity index (χ4v) is 1.79. The monoisotopic (exact) mass is 269 g/mol. The van der Waals surface area contributed by atoms with Gasteiger partial charge in [0.1, 0.15) is 5.54 Å². The third-order valence-electron chi connectivity index (χ3n) is 2.71. The van der Waals surface area contributed by atoms with Gasteiger partial charge in [0.25, 0.3) is 0 Å². The molecule has 5 heteroatoms. The van der Waals surface area contributed by atoms with E-state index in [-0.39, 0.29) is 5.91 Å². The van der Waals surface area contributed by atoms with Gasteiger partial charge in [-0.15, -0.1) is 0 Å². The van der Waals surface area contributed by atoms with Gasteiger partial charge in [0.15, 0.2) is 5.82 Å². The number of nitrogens with one attached hydrogen (secondary N) is 2. The van der Waals surface area contributed by atoms with Crippen molar-refractivity contribution in [2.45, 2.75) is 25.8 Å². The van der Waals surface area contributed by atoms with Crippen molar-refractivity contribution >= 4 is 33.3 Å². The lowest BCUT2D eigenvalue weighted by molar-refractivity contribution is -0.120. The fourth-order valence-electron chi connectivity index (χ4n) is 1.46. The van der Waals surface area contributed by atoms with E-state index in [1.165, 1.54) is 0 Å². The Kier molecular flexibility index (Phi) is 2.42. The Bertz CT molecular complexity index is 421. The van der Waals surface area contributed by atoms with Gasteiger partial charge in [0, 0.05) is 10.7 Å². The molecule has 2 heterocycles. The molecule has 1 aromatic heterocycles. The number of nitrogens with zero attached hydrogens (tertiary/aromatic N) is 1. The zero-order valence-corrected chi connectivity index (χ0v) is 10.2. The second-order valence-corrected chi connectivity index (χ2v) is 4.73. The van der Waals surface area contributed by atoms with Crippen LogP contribution in [0.5, 0.6) is 0 Å². The van der Waals surface area contributed by atoms with Crippen LogP contribution in [0.1, 0.15) is 20.3 Å². The van der Waals surface area contributed by atoms with Crippen LogP contribution in [0, 0.1) is 0 Å². The number of pyridine rings is 1. The lowest BCUT2D eigenvalue weighted by Crippen LogP contribution is -2.49. The molecule has 1 aliphatic heterocycles. The summed E-state index contributed by atoms with van der Waals surface area (Å²) in [5.74, 6) is 0.708. The molecule has 0 radical (unpaired) electrons. The van der Waals surface area contributed by atoms with Crippen LogP contribution in [0.25, 0.3) is 0 Å². The van der Waals surface area contributed by atoms with E-state index in [1.807, 2.05) is 19.9 Å². The van der Waals surface area contributed by atoms with E-state index >= 15 is 0 Å². The van der Waals surface area contributed by atoms with Gasteiger partial charge in [-0.2, -0.15) is 0 Å². The third-order valence-corrected chi connectivity index (χ3v) is 3.14. The predicted octanol–water partition coefficient (Wildman–Crippen LogP) is 2.38. The first-order chi connectivity index (χ1) is 7.05. The smallest absolute Gasteiger partial charge is 0.249 e. The topological polar surface area (TPSA) is 54.0 Å². The normalized spacial score (nSPS) is 24.1. The molecule has 0 spiro atoms. The number of carbonyl (C=O) groups excluding carboxylic acids is 1. The number of carbonyl (C=O) groups is 1. The zero-order chi connectivity index (χ0) is 11.1. The average molecular weight is 270 g/mol. The van der Waals surface area contributed by atoms with Gasteiger partial charge in [-0.05, 0) is 35.3 Å². The van der Waals surface area contributed by atoms with Crippen LogP contribution in [-0.2, 0) is 4.79 Å². The molecule has 1 unspecified atom stereocenters. The van der Waals surface area contributed by atoms with Crippen LogP contribution in [0.15, 0.2) is 16.7 Å². The Morgan fingerprint density at radius 1 is 1.60 bits per heavy atom. The SMILES string of the molecule is CCC1(C)Nc2ncc(Br)cc2NC1=O. The summed E-state index contributed by atoms with van der Waals surface area (Å²) >= 11 is 3.31. The van der Waals surface area contributed by atoms with Crippen LogP contribution in [-0.4, -0.2) is 16.4 Å². The quantitative estimate of drug-likeness (QED) is 0.823. The molecular weight excluding hydrogens is 258 g/mol. The van der Waals surface area contributed by atoms with Crippen molar-refractivity contribution in [1.82, 2.24) is 4.98 Å². The van der Waals surface area contributed by atoms with E-state index in [0.717, 1.165) is 22.4 Å². The lowest BCUT2D eigenvalue weighted by atomic mass is 9.95. The minimum atomic E-state index is -0.562. The molecular formula is C10H12BrN3O. The maximum atomic E-state index is 11.8. The third kappa shape index (κ3) is 1.71. The summed E-state index contributed by atoms with van der Waals surface area (Å²) in [5.41, 5.74) is 0.161. The van der Waals surface area contributed by atoms with Gasteiger partial charge < -0.3 is 10.6 Å². The van der Waals surface area contributed by atoms with Crippen molar-refractivity contribution in [2.24, 2.45) is 0 Å². The summed E-state index contributed by atoms with van der Waals surface area (Å²) in [4.78, 5) is 16.0. The molecule has 0 bridgehead atoms. The van der Waals surface area contributed by atoms with Crippen LogP contribution in [0.4, 0.5) is 11.5 Å². The van der Waals surface area contributed by atoms with E-state index in [9.17, 15) is 4.79 Å². The molecule has 0 fully saturated rings. The molecule has 15 heavy (non-hydrogen) atoms. The van der Waals surface area contributed by atoms with Crippen molar-refractivity contribution in [3.8, 4) is 0 Å². The van der Waals surface area contributed by atoms with E-state index in [0.29, 0.717) is 0 Å². The highest BCUT2D eigenvalue weighted by molar-refractivity contribution is 9.10. The molecule has 0 aromatic carbocycles. The van der Waals surface area contributed by atoms with E-state index in [2.05, 4.69) is 31.5 Å². The van der Waals surface area contributed by atoms with Crippen LogP contribution >= 0.6 is 15.9 Å². The average Bonchev–Trinajstić information content (AvgIpc) is 2.20. The molecule has 1 amide bonds. The molecule has 1 aliphatic rings. The summed E-state index contributed by atoms with van der Waals surface area (Å²) < 4.78 is 0.850. The molecule has 4 nitrogen and oxygen atoms in total. The van der Waals surface area contributed by atoms with Crippen molar-refractivity contribution in [2.75, 3.05) is 10.6 Å². The molecule has 0 aliphatic carbocycles. The highest BCUT2D eigenvalue weighted by Crippen LogP contribution is 2.32. The standard InChI is InChI=1S/C10H12BrN3O/c1-3-10(2)9(15)13-7-4-6(11)5-12-8(7)14-10/h4-5H,3H2,1-2H3,(H,12,14)(H,13,15). The molecule has 0 saturated carbocycles. The highest BCUT2D eigenvalue weighted by Gasteiger charge is 2.36. The van der Waals surface area contributed by atoms with Gasteiger partial charge in [-0.1, -0.05) is 6.92 Å². The van der Waals surface area contributed by atoms with Crippen molar-refractivity contribution < 1.29 is 4.79 Å². The van der Waals surface area contributed by atoms with Gasteiger partial charge >= 0.3 is 0 Å². The number of anilines is 2. The Hall–Kier alpha value is -1.10. The summed E-state index contributed by atoms with van der Waals surface area (Å²) in [6.45, 7) is 3.84. The first kappa shape index (κ1) is 10.4. The molecule has 1 aromatic rings. The summed E-state index contributed by atoms with van der Waals surface area (Å²) in [5, 5.41) is 6.00. The van der Waals surface area contributed by atoms with E-state index in [1.54, 1.807) is 6.20 Å². The van der Waals surface area contributed by atoms with Crippen molar-refractivity contribution in [3.05, 3.63) is 16.7 Å². The number of amides is 1. The first-order valence-electron chi connectivity index (χ1n) is 4.80. The lowest BCUT2D eigenvalue weighted by Gasteiger charge is -2.34. The molecule has 2 N–H and O–H groups in total. The largest absolute Gasteiger partial charge is 0.354 e. The zero-order valence-electron chi connectivity index (χ0n) is 8.60. The fraction of sp³-hybridized carbons (Fsp3) is 0.400. The Morgan fingerprint density at radius 3 is 3.00 bits per heavy atom. The minimum absolute atomic E-state index is 0.0163. The number of halogens is 1. The van der Waals surface area contributed by atoms with Gasteiger partial charge in [0.2, 0.25) is 5.91 Å². The van der Waals surface area contributed by atoms with Gasteiger partial charge in [-0.3, -0.25) is 4.79 Å². The molecule has 0 saturated heterocycles. The number of fused-ring (bicyclic) bond motifs is 1. The van der Waals surface area contributed by atoms with Crippen molar-refractivity contribution in [1.29, 1.82) is 0 Å². The first-order valence-corrected chi connectivity index (χ1v) is 5.59. The van der Waals surface area contributed by atoms with Gasteiger partial charge in [-0.25, -0.2) is 4.98 Å². The van der Waals surface area contributed by atoms with Crippen LogP contribution in [0.2, 0.25) is 0 Å². The predicted molar refractivity (Wildman–Crippen MR) is 62.9 cm³/mol. The van der Waals surface area contributed by atoms with Crippen LogP contribution in [0.3, 0.4) is 0 Å². The number of rotatable bonds is 1. The minimum Gasteiger partial charge on any atom is -0.354 e. The van der Waals surface area contributed by atoms with Gasteiger partial charge in [0.05, 0.1) is 5.69 Å². The van der Waals surface area contributed by atoms with Crippen LogP contribution < -0.4 is 10.6 Å². The number of hydrogen-bond donors (Lipinski definition) is 2. The second kappa shape index (κ2) is 3.48. The maximum Gasteiger partial charge on any atom is 0.249 e. The summed E-state index contributed by atoms with van der Waals surface area (Å²) in [6.07, 6.45) is 2.43. The van der Waals surface area contributed by atoms with E-state index in [4.69, 9.17) is 0 Å². The number of hydrogen-bond acceptors (Lipinski definition) is 3. The highest BCUT2D eigenvalue weighted by atomic mass is 79.9. The Balaban J connectivity index is 2.42. The van der Waals surface area contributed by atoms with Crippen molar-refractivity contribution in [3.63, 3.8) is 0 Å². The summed E-state index contributed by atoms with van der Waals surface area (Å²) in [6, 6.07) is 1.84. The number of aromatic nitrogens is 1. The second-order valence-electron chi connectivity index (χ2n) is 3.81. The Morgan fingerprint density at radius 2 is 2.33 bits per heavy atom. The molecule has 2 rings (SSSR count). The molecule has 80 valence electrons. The maximum absolute atomic E-state index is 11.8. The summed E-state index contributed by atoms with van der Waals surface area (Å²) in [7, 11) is 0. The van der Waals surface area contributed by atoms with E-state index < -0.39 is 5.54 Å². The Labute approximate surface area is 96.6 Å².